The highest BCUT2D eigenvalue weighted by Crippen LogP contribution is 2.26. The quantitative estimate of drug-likeness (QED) is 0.496. The molecule has 132 valence electrons. The number of ether oxygens (including phenoxy) is 5. The van der Waals surface area contributed by atoms with Gasteiger partial charge >= 0.3 is 11.9 Å². The van der Waals surface area contributed by atoms with E-state index >= 15 is 0 Å². The molecule has 1 saturated heterocycles. The lowest BCUT2D eigenvalue weighted by molar-refractivity contribution is -0.263. The van der Waals surface area contributed by atoms with Crippen LogP contribution < -0.4 is 0 Å². The van der Waals surface area contributed by atoms with Crippen molar-refractivity contribution in [3.63, 3.8) is 0 Å². The minimum atomic E-state index is -0.644. The Kier molecular flexibility index (Phi) is 8.78. The molecule has 0 saturated carbocycles. The van der Waals surface area contributed by atoms with Gasteiger partial charge in [-0.1, -0.05) is 12.2 Å². The van der Waals surface area contributed by atoms with Crippen LogP contribution in [0, 0.1) is 0 Å². The number of aliphatic hydroxyl groups is 1. The van der Waals surface area contributed by atoms with Crippen molar-refractivity contribution in [1.29, 1.82) is 0 Å². The van der Waals surface area contributed by atoms with Gasteiger partial charge in [0.25, 0.3) is 0 Å². The van der Waals surface area contributed by atoms with Crippen LogP contribution in [-0.2, 0) is 33.3 Å². The lowest BCUT2D eigenvalue weighted by Crippen LogP contribution is -2.53. The molecule has 0 spiro atoms. The normalized spacial score (nSPS) is 27.8. The van der Waals surface area contributed by atoms with Crippen LogP contribution in [0.2, 0.25) is 0 Å². The van der Waals surface area contributed by atoms with Crippen LogP contribution >= 0.6 is 0 Å². The predicted molar refractivity (Wildman–Crippen MR) is 78.4 cm³/mol. The van der Waals surface area contributed by atoms with E-state index in [9.17, 15) is 9.59 Å². The maximum absolute atomic E-state index is 11.3. The zero-order chi connectivity index (χ0) is 17.2. The van der Waals surface area contributed by atoms with E-state index in [0.717, 1.165) is 0 Å². The summed E-state index contributed by atoms with van der Waals surface area (Å²) < 4.78 is 26.8. The molecular formula is C15H24O8. The molecule has 8 heteroatoms. The first kappa shape index (κ1) is 19.6. The van der Waals surface area contributed by atoms with Gasteiger partial charge in [0.1, 0.15) is 24.9 Å². The molecule has 0 aromatic heterocycles. The second-order valence-corrected chi connectivity index (χ2v) is 4.98. The standard InChI is InChI=1S/C15H24O8/c1-10(17)21-9-13-15(19-3)12(22-11(2)18)8-14(23-13)20-7-5-4-6-16/h4-5,12-16H,6-9H2,1-3H3/b5-4-. The molecule has 1 N–H and O–H groups in total. The van der Waals surface area contributed by atoms with E-state index in [1.165, 1.54) is 21.0 Å². The van der Waals surface area contributed by atoms with Crippen LogP contribution in [0.5, 0.6) is 0 Å². The molecule has 0 amide bonds. The van der Waals surface area contributed by atoms with E-state index in [4.69, 9.17) is 28.8 Å². The monoisotopic (exact) mass is 332 g/mol. The zero-order valence-corrected chi connectivity index (χ0v) is 13.6. The Morgan fingerprint density at radius 2 is 2.00 bits per heavy atom. The minimum absolute atomic E-state index is 0.0298. The Morgan fingerprint density at radius 1 is 1.26 bits per heavy atom. The van der Waals surface area contributed by atoms with Crippen molar-refractivity contribution < 1.29 is 38.4 Å². The number of carbonyl (C=O) groups excluding carboxylic acids is 2. The van der Waals surface area contributed by atoms with Crippen molar-refractivity contribution >= 4 is 11.9 Å². The highest BCUT2D eigenvalue weighted by Gasteiger charge is 2.42. The van der Waals surface area contributed by atoms with E-state index in [1.54, 1.807) is 12.2 Å². The molecule has 0 radical (unpaired) electrons. The van der Waals surface area contributed by atoms with E-state index in [-0.39, 0.29) is 19.8 Å². The van der Waals surface area contributed by atoms with E-state index in [1.807, 2.05) is 0 Å². The smallest absolute Gasteiger partial charge is 0.302 e. The molecule has 4 unspecified atom stereocenters. The summed E-state index contributed by atoms with van der Waals surface area (Å²) in [7, 11) is 1.47. The summed E-state index contributed by atoms with van der Waals surface area (Å²) in [6.07, 6.45) is 1.09. The number of carbonyl (C=O) groups is 2. The molecule has 0 aromatic carbocycles. The highest BCUT2D eigenvalue weighted by molar-refractivity contribution is 5.66. The predicted octanol–water partition coefficient (Wildman–Crippen LogP) is 0.176. The first-order chi connectivity index (χ1) is 11.0. The summed E-state index contributed by atoms with van der Waals surface area (Å²) in [5.41, 5.74) is 0. The van der Waals surface area contributed by atoms with Gasteiger partial charge < -0.3 is 28.8 Å². The Morgan fingerprint density at radius 3 is 2.57 bits per heavy atom. The summed E-state index contributed by atoms with van der Waals surface area (Å²) >= 11 is 0. The molecule has 1 heterocycles. The molecule has 0 aromatic rings. The van der Waals surface area contributed by atoms with Crippen LogP contribution in [0.4, 0.5) is 0 Å². The maximum Gasteiger partial charge on any atom is 0.302 e. The third kappa shape index (κ3) is 7.08. The number of hydrogen-bond acceptors (Lipinski definition) is 8. The first-order valence-corrected chi connectivity index (χ1v) is 7.34. The van der Waals surface area contributed by atoms with Gasteiger partial charge in [-0.25, -0.2) is 0 Å². The highest BCUT2D eigenvalue weighted by atomic mass is 16.7. The van der Waals surface area contributed by atoms with Gasteiger partial charge in [0, 0.05) is 27.4 Å². The Labute approximate surface area is 135 Å². The first-order valence-electron chi connectivity index (χ1n) is 7.34. The number of methoxy groups -OCH3 is 1. The molecule has 1 aliphatic rings. The van der Waals surface area contributed by atoms with Gasteiger partial charge in [-0.3, -0.25) is 9.59 Å². The summed E-state index contributed by atoms with van der Waals surface area (Å²) in [5.74, 6) is -0.884. The van der Waals surface area contributed by atoms with Crippen LogP contribution in [-0.4, -0.2) is 68.6 Å². The van der Waals surface area contributed by atoms with Crippen molar-refractivity contribution in [2.75, 3.05) is 26.9 Å². The third-order valence-corrected chi connectivity index (χ3v) is 3.17. The van der Waals surface area contributed by atoms with Gasteiger partial charge in [-0.15, -0.1) is 0 Å². The van der Waals surface area contributed by atoms with Gasteiger partial charge in [0.05, 0.1) is 13.2 Å². The molecule has 4 atom stereocenters. The topological polar surface area (TPSA) is 101 Å². The fourth-order valence-corrected chi connectivity index (χ4v) is 2.27. The average molecular weight is 332 g/mol. The fourth-order valence-electron chi connectivity index (χ4n) is 2.27. The number of rotatable bonds is 8. The van der Waals surface area contributed by atoms with Crippen molar-refractivity contribution in [3.05, 3.63) is 12.2 Å². The molecule has 1 aliphatic heterocycles. The van der Waals surface area contributed by atoms with Crippen LogP contribution in [0.25, 0.3) is 0 Å². The Bertz CT molecular complexity index is 408. The van der Waals surface area contributed by atoms with Crippen LogP contribution in [0.15, 0.2) is 12.2 Å². The van der Waals surface area contributed by atoms with Gasteiger partial charge in [0.15, 0.2) is 6.29 Å². The molecule has 1 rings (SSSR count). The largest absolute Gasteiger partial charge is 0.463 e. The number of aliphatic hydroxyl groups excluding tert-OH is 1. The third-order valence-electron chi connectivity index (χ3n) is 3.17. The minimum Gasteiger partial charge on any atom is -0.463 e. The molecule has 1 fully saturated rings. The second-order valence-electron chi connectivity index (χ2n) is 4.98. The molecular weight excluding hydrogens is 308 g/mol. The zero-order valence-electron chi connectivity index (χ0n) is 13.6. The van der Waals surface area contributed by atoms with E-state index in [2.05, 4.69) is 0 Å². The summed E-state index contributed by atoms with van der Waals surface area (Å²) in [6, 6.07) is 0. The van der Waals surface area contributed by atoms with Gasteiger partial charge in [0.2, 0.25) is 0 Å². The van der Waals surface area contributed by atoms with Crippen LogP contribution in [0.3, 0.4) is 0 Å². The molecule has 0 bridgehead atoms. The Balaban J connectivity index is 2.72. The fraction of sp³-hybridized carbons (Fsp3) is 0.733. The van der Waals surface area contributed by atoms with Gasteiger partial charge in [-0.2, -0.15) is 0 Å². The van der Waals surface area contributed by atoms with E-state index in [0.29, 0.717) is 6.42 Å². The number of esters is 2. The second kappa shape index (κ2) is 10.3. The molecule has 23 heavy (non-hydrogen) atoms. The average Bonchev–Trinajstić information content (AvgIpc) is 2.48. The lowest BCUT2D eigenvalue weighted by atomic mass is 10.0. The van der Waals surface area contributed by atoms with Gasteiger partial charge in [-0.05, 0) is 0 Å². The van der Waals surface area contributed by atoms with Crippen molar-refractivity contribution in [3.8, 4) is 0 Å². The van der Waals surface area contributed by atoms with E-state index < -0.39 is 36.5 Å². The summed E-state index contributed by atoms with van der Waals surface area (Å²) in [6.45, 7) is 2.73. The lowest BCUT2D eigenvalue weighted by Gasteiger charge is -2.39. The maximum atomic E-state index is 11.3. The summed E-state index contributed by atoms with van der Waals surface area (Å²) in [5, 5.41) is 8.68. The summed E-state index contributed by atoms with van der Waals surface area (Å²) in [4.78, 5) is 22.3. The van der Waals surface area contributed by atoms with Crippen molar-refractivity contribution in [2.24, 2.45) is 0 Å². The molecule has 8 nitrogen and oxygen atoms in total. The van der Waals surface area contributed by atoms with Crippen molar-refractivity contribution in [1.82, 2.24) is 0 Å². The molecule has 0 aliphatic carbocycles. The number of hydrogen-bond donors (Lipinski definition) is 1. The van der Waals surface area contributed by atoms with Crippen LogP contribution in [0.1, 0.15) is 20.3 Å². The SMILES string of the molecule is COC1C(OC(C)=O)CC(OC/C=C\CO)OC1COC(C)=O. The Hall–Kier alpha value is -1.48. The van der Waals surface area contributed by atoms with Crippen molar-refractivity contribution in [2.45, 2.75) is 44.9 Å².